The standard InChI is InChI=1S/C19H24N2O3S/c1-6-21(15(4)16-8-7-9-20-12-16)19(22)18-11-17(25(5,23)24)10-13(2)14(18)3/h7-12,15H,6H2,1-5H3. The quantitative estimate of drug-likeness (QED) is 0.820. The number of hydrogen-bond acceptors (Lipinski definition) is 4. The first-order chi connectivity index (χ1) is 11.7. The SMILES string of the molecule is CCN(C(=O)c1cc(S(C)(=O)=O)cc(C)c1C)C(C)c1cccnc1. The van der Waals surface area contributed by atoms with E-state index in [9.17, 15) is 13.2 Å². The summed E-state index contributed by atoms with van der Waals surface area (Å²) in [7, 11) is -3.38. The predicted octanol–water partition coefficient (Wildman–Crippen LogP) is 3.33. The van der Waals surface area contributed by atoms with E-state index in [0.29, 0.717) is 12.1 Å². The fourth-order valence-corrected chi connectivity index (χ4v) is 3.54. The minimum absolute atomic E-state index is 0.159. The molecule has 0 bridgehead atoms. The van der Waals surface area contributed by atoms with Gasteiger partial charge in [-0.3, -0.25) is 9.78 Å². The van der Waals surface area contributed by atoms with Gasteiger partial charge in [0.1, 0.15) is 0 Å². The third kappa shape index (κ3) is 4.07. The third-order valence-electron chi connectivity index (χ3n) is 4.54. The van der Waals surface area contributed by atoms with Gasteiger partial charge < -0.3 is 4.90 Å². The number of amides is 1. The molecule has 2 aromatic rings. The molecule has 25 heavy (non-hydrogen) atoms. The van der Waals surface area contributed by atoms with Gasteiger partial charge in [0, 0.05) is 30.8 Å². The fourth-order valence-electron chi connectivity index (χ4n) is 2.81. The molecule has 0 saturated heterocycles. The summed E-state index contributed by atoms with van der Waals surface area (Å²) in [5.41, 5.74) is 2.95. The normalized spacial score (nSPS) is 12.7. The van der Waals surface area contributed by atoms with Crippen molar-refractivity contribution < 1.29 is 13.2 Å². The highest BCUT2D eigenvalue weighted by molar-refractivity contribution is 7.90. The lowest BCUT2D eigenvalue weighted by molar-refractivity contribution is 0.0701. The van der Waals surface area contributed by atoms with Crippen LogP contribution < -0.4 is 0 Å². The molecule has 0 spiro atoms. The molecule has 5 nitrogen and oxygen atoms in total. The van der Waals surface area contributed by atoms with E-state index in [1.807, 2.05) is 39.8 Å². The number of rotatable bonds is 5. The second kappa shape index (κ2) is 7.35. The maximum atomic E-state index is 13.2. The highest BCUT2D eigenvalue weighted by Gasteiger charge is 2.24. The number of aryl methyl sites for hydroxylation is 1. The van der Waals surface area contributed by atoms with E-state index >= 15 is 0 Å². The number of aromatic nitrogens is 1. The molecule has 1 atom stereocenters. The number of sulfone groups is 1. The van der Waals surface area contributed by atoms with Crippen molar-refractivity contribution >= 4 is 15.7 Å². The van der Waals surface area contributed by atoms with Crippen LogP contribution in [0.2, 0.25) is 0 Å². The maximum absolute atomic E-state index is 13.2. The molecule has 0 fully saturated rings. The van der Waals surface area contributed by atoms with Gasteiger partial charge in [0.2, 0.25) is 0 Å². The number of hydrogen-bond donors (Lipinski definition) is 0. The van der Waals surface area contributed by atoms with Gasteiger partial charge in [-0.15, -0.1) is 0 Å². The first kappa shape index (κ1) is 19.1. The molecule has 0 aliphatic rings. The smallest absolute Gasteiger partial charge is 0.254 e. The average molecular weight is 360 g/mol. The van der Waals surface area contributed by atoms with Crippen LogP contribution in [0.1, 0.15) is 46.9 Å². The van der Waals surface area contributed by atoms with E-state index in [0.717, 1.165) is 22.9 Å². The highest BCUT2D eigenvalue weighted by atomic mass is 32.2. The van der Waals surface area contributed by atoms with Gasteiger partial charge in [-0.25, -0.2) is 8.42 Å². The van der Waals surface area contributed by atoms with Crippen LogP contribution in [0.3, 0.4) is 0 Å². The zero-order chi connectivity index (χ0) is 18.8. The van der Waals surface area contributed by atoms with Crippen LogP contribution in [-0.4, -0.2) is 37.0 Å². The Hall–Kier alpha value is -2.21. The van der Waals surface area contributed by atoms with Gasteiger partial charge in [0.25, 0.3) is 5.91 Å². The van der Waals surface area contributed by atoms with Gasteiger partial charge in [-0.2, -0.15) is 0 Å². The first-order valence-electron chi connectivity index (χ1n) is 8.19. The van der Waals surface area contributed by atoms with E-state index in [1.54, 1.807) is 23.4 Å². The minimum Gasteiger partial charge on any atom is -0.332 e. The van der Waals surface area contributed by atoms with Crippen LogP contribution in [0.15, 0.2) is 41.6 Å². The topological polar surface area (TPSA) is 67.3 Å². The van der Waals surface area contributed by atoms with Gasteiger partial charge >= 0.3 is 0 Å². The van der Waals surface area contributed by atoms with E-state index in [-0.39, 0.29) is 16.8 Å². The molecule has 1 unspecified atom stereocenters. The summed E-state index contributed by atoms with van der Waals surface area (Å²) in [6.07, 6.45) is 4.59. The summed E-state index contributed by atoms with van der Waals surface area (Å²) in [6.45, 7) is 8.03. The van der Waals surface area contributed by atoms with Crippen LogP contribution in [0.4, 0.5) is 0 Å². The molecule has 0 saturated carbocycles. The van der Waals surface area contributed by atoms with E-state index < -0.39 is 9.84 Å². The van der Waals surface area contributed by atoms with Crippen LogP contribution in [0, 0.1) is 13.8 Å². The van der Waals surface area contributed by atoms with Crippen molar-refractivity contribution in [2.24, 2.45) is 0 Å². The molecule has 6 heteroatoms. The highest BCUT2D eigenvalue weighted by Crippen LogP contribution is 2.26. The van der Waals surface area contributed by atoms with Crippen molar-refractivity contribution in [3.05, 3.63) is 58.9 Å². The van der Waals surface area contributed by atoms with Crippen molar-refractivity contribution in [3.63, 3.8) is 0 Å². The summed E-state index contributed by atoms with van der Waals surface area (Å²) in [5, 5.41) is 0. The Morgan fingerprint density at radius 2 is 1.96 bits per heavy atom. The zero-order valence-corrected chi connectivity index (χ0v) is 16.1. The number of carbonyl (C=O) groups excluding carboxylic acids is 1. The molecule has 0 aliphatic heterocycles. The van der Waals surface area contributed by atoms with Crippen LogP contribution >= 0.6 is 0 Å². The summed E-state index contributed by atoms with van der Waals surface area (Å²) >= 11 is 0. The van der Waals surface area contributed by atoms with Gasteiger partial charge in [-0.1, -0.05) is 6.07 Å². The lowest BCUT2D eigenvalue weighted by Crippen LogP contribution is -2.34. The van der Waals surface area contributed by atoms with Crippen LogP contribution in [-0.2, 0) is 9.84 Å². The van der Waals surface area contributed by atoms with Gasteiger partial charge in [-0.05, 0) is 62.6 Å². The Morgan fingerprint density at radius 3 is 2.48 bits per heavy atom. The molecule has 0 N–H and O–H groups in total. The second-order valence-electron chi connectivity index (χ2n) is 6.24. The molecule has 0 radical (unpaired) electrons. The Bertz CT molecular complexity index is 877. The van der Waals surface area contributed by atoms with Crippen molar-refractivity contribution in [1.82, 2.24) is 9.88 Å². The van der Waals surface area contributed by atoms with Crippen molar-refractivity contribution in [2.45, 2.75) is 38.6 Å². The van der Waals surface area contributed by atoms with E-state index in [1.165, 1.54) is 6.07 Å². The summed E-state index contributed by atoms with van der Waals surface area (Å²) in [5.74, 6) is -0.176. The first-order valence-corrected chi connectivity index (χ1v) is 10.1. The predicted molar refractivity (Wildman–Crippen MR) is 98.4 cm³/mol. The fraction of sp³-hybridized carbons (Fsp3) is 0.368. The van der Waals surface area contributed by atoms with Crippen LogP contribution in [0.5, 0.6) is 0 Å². The Balaban J connectivity index is 2.49. The third-order valence-corrected chi connectivity index (χ3v) is 5.63. The Morgan fingerprint density at radius 1 is 1.28 bits per heavy atom. The zero-order valence-electron chi connectivity index (χ0n) is 15.3. The molecule has 1 heterocycles. The lowest BCUT2D eigenvalue weighted by Gasteiger charge is -2.29. The molecule has 1 aromatic heterocycles. The van der Waals surface area contributed by atoms with Crippen molar-refractivity contribution in [3.8, 4) is 0 Å². The summed E-state index contributed by atoms with van der Waals surface area (Å²) < 4.78 is 23.9. The number of carbonyl (C=O) groups is 1. The number of pyridine rings is 1. The lowest BCUT2D eigenvalue weighted by atomic mass is 10.0. The maximum Gasteiger partial charge on any atom is 0.254 e. The molecular formula is C19H24N2O3S. The number of nitrogens with zero attached hydrogens (tertiary/aromatic N) is 2. The molecule has 0 aliphatic carbocycles. The largest absolute Gasteiger partial charge is 0.332 e. The molecule has 1 amide bonds. The summed E-state index contributed by atoms with van der Waals surface area (Å²) in [6, 6.07) is 6.71. The van der Waals surface area contributed by atoms with E-state index in [4.69, 9.17) is 0 Å². The molecule has 1 aromatic carbocycles. The van der Waals surface area contributed by atoms with E-state index in [2.05, 4.69) is 4.98 Å². The van der Waals surface area contributed by atoms with Crippen molar-refractivity contribution in [1.29, 1.82) is 0 Å². The molecule has 2 rings (SSSR count). The molecular weight excluding hydrogens is 336 g/mol. The van der Waals surface area contributed by atoms with Crippen LogP contribution in [0.25, 0.3) is 0 Å². The van der Waals surface area contributed by atoms with Gasteiger partial charge in [0.15, 0.2) is 9.84 Å². The Labute approximate surface area is 149 Å². The van der Waals surface area contributed by atoms with Gasteiger partial charge in [0.05, 0.1) is 10.9 Å². The summed E-state index contributed by atoms with van der Waals surface area (Å²) in [4.78, 5) is 19.2. The van der Waals surface area contributed by atoms with Crippen molar-refractivity contribution in [2.75, 3.05) is 12.8 Å². The Kier molecular flexibility index (Phi) is 5.62. The minimum atomic E-state index is -3.38. The second-order valence-corrected chi connectivity index (χ2v) is 8.25. The average Bonchev–Trinajstić information content (AvgIpc) is 2.57. The monoisotopic (exact) mass is 360 g/mol. The number of benzene rings is 1. The molecule has 134 valence electrons.